The van der Waals surface area contributed by atoms with Crippen molar-refractivity contribution in [1.82, 2.24) is 5.32 Å². The predicted octanol–water partition coefficient (Wildman–Crippen LogP) is 2.99. The van der Waals surface area contributed by atoms with Gasteiger partial charge in [-0.25, -0.2) is 0 Å². The van der Waals surface area contributed by atoms with Gasteiger partial charge in [0, 0.05) is 6.04 Å². The first kappa shape index (κ1) is 13.5. The SMILES string of the molecule is Cc1ccc(OCC(=O)N[C@@H]2C[C@H]3CC[C@H]2C3)cc1C. The third-order valence-electron chi connectivity index (χ3n) is 4.93. The van der Waals surface area contributed by atoms with E-state index in [2.05, 4.69) is 19.2 Å². The number of hydrogen-bond acceptors (Lipinski definition) is 2. The summed E-state index contributed by atoms with van der Waals surface area (Å²) in [5, 5.41) is 3.14. The van der Waals surface area contributed by atoms with Gasteiger partial charge in [-0.3, -0.25) is 4.79 Å². The summed E-state index contributed by atoms with van der Waals surface area (Å²) in [5.74, 6) is 2.36. The Bertz CT molecular complexity index is 512. The van der Waals surface area contributed by atoms with E-state index in [0.29, 0.717) is 12.0 Å². The van der Waals surface area contributed by atoms with E-state index in [0.717, 1.165) is 11.7 Å². The third-order valence-corrected chi connectivity index (χ3v) is 4.93. The molecule has 1 amide bonds. The minimum Gasteiger partial charge on any atom is -0.484 e. The summed E-state index contributed by atoms with van der Waals surface area (Å²) in [7, 11) is 0. The van der Waals surface area contributed by atoms with Crippen molar-refractivity contribution in [3.63, 3.8) is 0 Å². The van der Waals surface area contributed by atoms with Crippen LogP contribution in [0.5, 0.6) is 5.75 Å². The lowest BCUT2D eigenvalue weighted by Crippen LogP contribution is -2.40. The number of aryl methyl sites for hydroxylation is 2. The lowest BCUT2D eigenvalue weighted by Gasteiger charge is -2.22. The highest BCUT2D eigenvalue weighted by atomic mass is 16.5. The number of benzene rings is 1. The highest BCUT2D eigenvalue weighted by Crippen LogP contribution is 2.44. The highest BCUT2D eigenvalue weighted by Gasteiger charge is 2.40. The Balaban J connectivity index is 1.48. The van der Waals surface area contributed by atoms with Gasteiger partial charge in [0.25, 0.3) is 5.91 Å². The summed E-state index contributed by atoms with van der Waals surface area (Å²) < 4.78 is 5.58. The fraction of sp³-hybridized carbons (Fsp3) is 0.588. The van der Waals surface area contributed by atoms with Crippen molar-refractivity contribution in [2.75, 3.05) is 6.61 Å². The van der Waals surface area contributed by atoms with Crippen molar-refractivity contribution in [3.8, 4) is 5.75 Å². The van der Waals surface area contributed by atoms with Crippen molar-refractivity contribution in [2.45, 2.75) is 45.6 Å². The Morgan fingerprint density at radius 1 is 1.25 bits per heavy atom. The van der Waals surface area contributed by atoms with Crippen LogP contribution in [0.1, 0.15) is 36.8 Å². The molecule has 0 radical (unpaired) electrons. The Hall–Kier alpha value is -1.51. The van der Waals surface area contributed by atoms with Crippen LogP contribution in [0.25, 0.3) is 0 Å². The Morgan fingerprint density at radius 2 is 2.10 bits per heavy atom. The fourth-order valence-corrected chi connectivity index (χ4v) is 3.62. The van der Waals surface area contributed by atoms with Crippen molar-refractivity contribution < 1.29 is 9.53 Å². The van der Waals surface area contributed by atoms with Gasteiger partial charge in [0.15, 0.2) is 6.61 Å². The average Bonchev–Trinajstić information content (AvgIpc) is 3.02. The van der Waals surface area contributed by atoms with Crippen LogP contribution in [0.3, 0.4) is 0 Å². The zero-order chi connectivity index (χ0) is 14.1. The summed E-state index contributed by atoms with van der Waals surface area (Å²) in [5.41, 5.74) is 2.43. The summed E-state index contributed by atoms with van der Waals surface area (Å²) in [6.45, 7) is 4.24. The van der Waals surface area contributed by atoms with Crippen LogP contribution in [0.4, 0.5) is 0 Å². The molecule has 1 aromatic rings. The maximum Gasteiger partial charge on any atom is 0.258 e. The Kier molecular flexibility index (Phi) is 3.68. The van der Waals surface area contributed by atoms with Gasteiger partial charge in [0.1, 0.15) is 5.75 Å². The summed E-state index contributed by atoms with van der Waals surface area (Å²) in [4.78, 5) is 12.0. The molecule has 0 saturated heterocycles. The van der Waals surface area contributed by atoms with E-state index in [1.807, 2.05) is 18.2 Å². The molecule has 2 aliphatic carbocycles. The number of fused-ring (bicyclic) bond motifs is 2. The number of carbonyl (C=O) groups excluding carboxylic acids is 1. The molecule has 0 spiro atoms. The molecule has 3 atom stereocenters. The van der Waals surface area contributed by atoms with Crippen LogP contribution >= 0.6 is 0 Å². The lowest BCUT2D eigenvalue weighted by atomic mass is 9.95. The first-order valence-corrected chi connectivity index (χ1v) is 7.61. The van der Waals surface area contributed by atoms with E-state index in [-0.39, 0.29) is 12.5 Å². The predicted molar refractivity (Wildman–Crippen MR) is 78.8 cm³/mol. The molecule has 2 saturated carbocycles. The van der Waals surface area contributed by atoms with Gasteiger partial charge in [-0.15, -0.1) is 0 Å². The standard InChI is InChI=1S/C17H23NO2/c1-11-3-6-15(7-12(11)2)20-10-17(19)18-16-9-13-4-5-14(16)8-13/h3,6-7,13-14,16H,4-5,8-10H2,1-2H3,(H,18,19)/t13-,14-,16+/m0/s1. The van der Waals surface area contributed by atoms with Crippen LogP contribution in [-0.2, 0) is 4.79 Å². The third kappa shape index (κ3) is 2.82. The topological polar surface area (TPSA) is 38.3 Å². The van der Waals surface area contributed by atoms with Gasteiger partial charge in [0.05, 0.1) is 0 Å². The summed E-state index contributed by atoms with van der Waals surface area (Å²) in [6, 6.07) is 6.33. The number of carbonyl (C=O) groups is 1. The molecule has 2 fully saturated rings. The molecular weight excluding hydrogens is 250 g/mol. The second-order valence-electron chi connectivity index (χ2n) is 6.38. The molecule has 0 unspecified atom stereocenters. The van der Waals surface area contributed by atoms with Crippen molar-refractivity contribution in [1.29, 1.82) is 0 Å². The van der Waals surface area contributed by atoms with E-state index >= 15 is 0 Å². The van der Waals surface area contributed by atoms with Crippen LogP contribution in [0, 0.1) is 25.7 Å². The molecule has 3 nitrogen and oxygen atoms in total. The molecule has 0 aliphatic heterocycles. The van der Waals surface area contributed by atoms with E-state index in [1.165, 1.54) is 36.8 Å². The first-order chi connectivity index (χ1) is 9.61. The molecule has 3 rings (SSSR count). The van der Waals surface area contributed by atoms with Gasteiger partial charge in [-0.1, -0.05) is 12.5 Å². The molecule has 1 N–H and O–H groups in total. The monoisotopic (exact) mass is 273 g/mol. The summed E-state index contributed by atoms with van der Waals surface area (Å²) >= 11 is 0. The maximum absolute atomic E-state index is 12.0. The van der Waals surface area contributed by atoms with E-state index in [1.54, 1.807) is 0 Å². The number of rotatable bonds is 4. The van der Waals surface area contributed by atoms with Crippen LogP contribution in [0.15, 0.2) is 18.2 Å². The molecule has 1 aromatic carbocycles. The number of hydrogen-bond donors (Lipinski definition) is 1. The second-order valence-corrected chi connectivity index (χ2v) is 6.38. The largest absolute Gasteiger partial charge is 0.484 e. The normalized spacial score (nSPS) is 27.6. The molecule has 2 aliphatic rings. The quantitative estimate of drug-likeness (QED) is 0.916. The first-order valence-electron chi connectivity index (χ1n) is 7.61. The van der Waals surface area contributed by atoms with Crippen molar-refractivity contribution in [3.05, 3.63) is 29.3 Å². The minimum atomic E-state index is 0.0146. The van der Waals surface area contributed by atoms with Crippen molar-refractivity contribution in [2.24, 2.45) is 11.8 Å². The van der Waals surface area contributed by atoms with Gasteiger partial charge in [0.2, 0.25) is 0 Å². The molecule has 0 heterocycles. The zero-order valence-corrected chi connectivity index (χ0v) is 12.3. The van der Waals surface area contributed by atoms with Crippen molar-refractivity contribution >= 4 is 5.91 Å². The van der Waals surface area contributed by atoms with Gasteiger partial charge < -0.3 is 10.1 Å². The van der Waals surface area contributed by atoms with E-state index < -0.39 is 0 Å². The minimum absolute atomic E-state index is 0.0146. The second kappa shape index (κ2) is 5.47. The number of nitrogens with one attached hydrogen (secondary N) is 1. The molecule has 0 aromatic heterocycles. The maximum atomic E-state index is 12.0. The van der Waals surface area contributed by atoms with Crippen LogP contribution < -0.4 is 10.1 Å². The zero-order valence-electron chi connectivity index (χ0n) is 12.3. The smallest absolute Gasteiger partial charge is 0.258 e. The van der Waals surface area contributed by atoms with E-state index in [9.17, 15) is 4.79 Å². The lowest BCUT2D eigenvalue weighted by molar-refractivity contribution is -0.124. The molecule has 20 heavy (non-hydrogen) atoms. The summed E-state index contributed by atoms with van der Waals surface area (Å²) in [6.07, 6.45) is 5.12. The highest BCUT2D eigenvalue weighted by molar-refractivity contribution is 5.78. The molecule has 3 heteroatoms. The Labute approximate surface area is 120 Å². The van der Waals surface area contributed by atoms with Crippen LogP contribution in [-0.4, -0.2) is 18.6 Å². The van der Waals surface area contributed by atoms with Gasteiger partial charge >= 0.3 is 0 Å². The molecule has 108 valence electrons. The number of amides is 1. The van der Waals surface area contributed by atoms with Gasteiger partial charge in [-0.2, -0.15) is 0 Å². The fourth-order valence-electron chi connectivity index (χ4n) is 3.62. The number of ether oxygens (including phenoxy) is 1. The van der Waals surface area contributed by atoms with Gasteiger partial charge in [-0.05, 0) is 68.2 Å². The molecule has 2 bridgehead atoms. The Morgan fingerprint density at radius 3 is 2.75 bits per heavy atom. The van der Waals surface area contributed by atoms with E-state index in [4.69, 9.17) is 4.74 Å². The average molecular weight is 273 g/mol. The van der Waals surface area contributed by atoms with Crippen LogP contribution in [0.2, 0.25) is 0 Å². The molecular formula is C17H23NO2.